The highest BCUT2D eigenvalue weighted by Gasteiger charge is 2.30. The molecule has 0 aliphatic heterocycles. The van der Waals surface area contributed by atoms with Gasteiger partial charge >= 0.3 is 0 Å². The second-order valence-corrected chi connectivity index (χ2v) is 6.85. The third-order valence-electron chi connectivity index (χ3n) is 4.85. The molecule has 2 heteroatoms. The summed E-state index contributed by atoms with van der Waals surface area (Å²) >= 11 is 0. The van der Waals surface area contributed by atoms with E-state index in [9.17, 15) is 0 Å². The summed E-state index contributed by atoms with van der Waals surface area (Å²) in [6.45, 7) is 7.46. The minimum atomic E-state index is 0.294. The predicted molar refractivity (Wildman–Crippen MR) is 89.7 cm³/mol. The second-order valence-electron chi connectivity index (χ2n) is 6.85. The quantitative estimate of drug-likeness (QED) is 0.821. The van der Waals surface area contributed by atoms with Crippen molar-refractivity contribution < 1.29 is 4.74 Å². The Bertz CT molecular complexity index is 429. The Hall–Kier alpha value is -1.02. The molecule has 2 N–H and O–H groups in total. The van der Waals surface area contributed by atoms with Crippen LogP contribution in [0.25, 0.3) is 0 Å². The van der Waals surface area contributed by atoms with Crippen LogP contribution < -0.4 is 10.5 Å². The van der Waals surface area contributed by atoms with Gasteiger partial charge < -0.3 is 10.5 Å². The molecule has 0 bridgehead atoms. The lowest BCUT2D eigenvalue weighted by Gasteiger charge is -2.35. The van der Waals surface area contributed by atoms with E-state index in [-0.39, 0.29) is 0 Å². The number of benzene rings is 1. The van der Waals surface area contributed by atoms with E-state index in [2.05, 4.69) is 45.0 Å². The van der Waals surface area contributed by atoms with E-state index in [1.54, 1.807) is 0 Å². The van der Waals surface area contributed by atoms with Gasteiger partial charge in [0.25, 0.3) is 0 Å². The number of rotatable bonds is 6. The molecule has 0 saturated heterocycles. The van der Waals surface area contributed by atoms with Gasteiger partial charge in [-0.3, -0.25) is 0 Å². The summed E-state index contributed by atoms with van der Waals surface area (Å²) in [5.74, 6) is 2.89. The van der Waals surface area contributed by atoms with Crippen LogP contribution in [0, 0.1) is 11.8 Å². The van der Waals surface area contributed by atoms with E-state index in [0.29, 0.717) is 17.9 Å². The summed E-state index contributed by atoms with van der Waals surface area (Å²) in [4.78, 5) is 0. The first-order valence-corrected chi connectivity index (χ1v) is 8.60. The predicted octanol–water partition coefficient (Wildman–Crippen LogP) is 4.73. The zero-order valence-electron chi connectivity index (χ0n) is 13.8. The summed E-state index contributed by atoms with van der Waals surface area (Å²) in [5.41, 5.74) is 7.31. The van der Waals surface area contributed by atoms with Crippen molar-refractivity contribution in [2.24, 2.45) is 17.6 Å². The van der Waals surface area contributed by atoms with Crippen molar-refractivity contribution in [3.63, 3.8) is 0 Å². The maximum Gasteiger partial charge on any atom is 0.120 e. The van der Waals surface area contributed by atoms with Crippen LogP contribution >= 0.6 is 0 Å². The lowest BCUT2D eigenvalue weighted by atomic mass is 9.78. The zero-order chi connectivity index (χ0) is 15.2. The average Bonchev–Trinajstić information content (AvgIpc) is 2.48. The zero-order valence-corrected chi connectivity index (χ0v) is 13.8. The SMILES string of the molecule is CCCC1CCC(CN)C(Oc2cccc(C(C)C)c2)C1. The van der Waals surface area contributed by atoms with Crippen LogP contribution in [0.15, 0.2) is 24.3 Å². The molecule has 3 atom stereocenters. The highest BCUT2D eigenvalue weighted by atomic mass is 16.5. The molecule has 0 radical (unpaired) electrons. The van der Waals surface area contributed by atoms with Crippen molar-refractivity contribution in [2.45, 2.75) is 64.9 Å². The molecule has 1 aliphatic carbocycles. The summed E-state index contributed by atoms with van der Waals surface area (Å²) in [5, 5.41) is 0. The first-order valence-electron chi connectivity index (χ1n) is 8.60. The Morgan fingerprint density at radius 3 is 2.76 bits per heavy atom. The molecule has 1 saturated carbocycles. The van der Waals surface area contributed by atoms with Crippen LogP contribution in [-0.2, 0) is 0 Å². The van der Waals surface area contributed by atoms with Gasteiger partial charge in [0.05, 0.1) is 0 Å². The third-order valence-corrected chi connectivity index (χ3v) is 4.85. The molecule has 0 heterocycles. The fraction of sp³-hybridized carbons (Fsp3) is 0.684. The Balaban J connectivity index is 2.05. The minimum Gasteiger partial charge on any atom is -0.490 e. The van der Waals surface area contributed by atoms with E-state index in [1.165, 1.54) is 37.7 Å². The van der Waals surface area contributed by atoms with Crippen LogP contribution in [0.1, 0.15) is 64.4 Å². The Morgan fingerprint density at radius 1 is 1.29 bits per heavy atom. The molecule has 0 spiro atoms. The van der Waals surface area contributed by atoms with Crippen molar-refractivity contribution in [3.05, 3.63) is 29.8 Å². The summed E-state index contributed by atoms with van der Waals surface area (Å²) in [6.07, 6.45) is 6.60. The molecule has 3 unspecified atom stereocenters. The van der Waals surface area contributed by atoms with Gasteiger partial charge in [-0.1, -0.05) is 45.7 Å². The van der Waals surface area contributed by atoms with Gasteiger partial charge in [-0.15, -0.1) is 0 Å². The molecule has 1 aromatic rings. The smallest absolute Gasteiger partial charge is 0.120 e. The van der Waals surface area contributed by atoms with E-state index in [0.717, 1.165) is 18.2 Å². The van der Waals surface area contributed by atoms with Crippen LogP contribution in [0.5, 0.6) is 5.75 Å². The normalized spacial score (nSPS) is 26.0. The molecular formula is C19H31NO. The molecule has 0 amide bonds. The first kappa shape index (κ1) is 16.4. The van der Waals surface area contributed by atoms with Crippen LogP contribution in [-0.4, -0.2) is 12.6 Å². The molecule has 2 rings (SSSR count). The van der Waals surface area contributed by atoms with Crippen LogP contribution in [0.4, 0.5) is 0 Å². The average molecular weight is 289 g/mol. The monoisotopic (exact) mass is 289 g/mol. The highest BCUT2D eigenvalue weighted by molar-refractivity contribution is 5.30. The topological polar surface area (TPSA) is 35.2 Å². The van der Waals surface area contributed by atoms with Gasteiger partial charge in [0, 0.05) is 5.92 Å². The van der Waals surface area contributed by atoms with Gasteiger partial charge in [-0.25, -0.2) is 0 Å². The number of hydrogen-bond acceptors (Lipinski definition) is 2. The van der Waals surface area contributed by atoms with Gasteiger partial charge in [-0.2, -0.15) is 0 Å². The molecule has 1 fully saturated rings. The summed E-state index contributed by atoms with van der Waals surface area (Å²) in [6, 6.07) is 8.57. The van der Waals surface area contributed by atoms with E-state index >= 15 is 0 Å². The molecular weight excluding hydrogens is 258 g/mol. The number of ether oxygens (including phenoxy) is 1. The first-order chi connectivity index (χ1) is 10.1. The largest absolute Gasteiger partial charge is 0.490 e. The minimum absolute atomic E-state index is 0.294. The van der Waals surface area contributed by atoms with Gasteiger partial charge in [0.1, 0.15) is 11.9 Å². The van der Waals surface area contributed by atoms with Gasteiger partial charge in [-0.05, 0) is 55.3 Å². The van der Waals surface area contributed by atoms with E-state index < -0.39 is 0 Å². The maximum atomic E-state index is 6.35. The standard InChI is InChI=1S/C19H31NO/c1-4-6-15-9-10-17(13-20)19(11-15)21-18-8-5-7-16(12-18)14(2)3/h5,7-8,12,14-15,17,19H,4,6,9-11,13,20H2,1-3H3. The molecule has 21 heavy (non-hydrogen) atoms. The third kappa shape index (κ3) is 4.47. The van der Waals surface area contributed by atoms with E-state index in [4.69, 9.17) is 10.5 Å². The lowest BCUT2D eigenvalue weighted by molar-refractivity contribution is 0.0668. The van der Waals surface area contributed by atoms with Crippen molar-refractivity contribution in [2.75, 3.05) is 6.54 Å². The fourth-order valence-corrected chi connectivity index (χ4v) is 3.48. The van der Waals surface area contributed by atoms with E-state index in [1.807, 2.05) is 0 Å². The molecule has 1 aromatic carbocycles. The van der Waals surface area contributed by atoms with Crippen LogP contribution in [0.3, 0.4) is 0 Å². The molecule has 0 aromatic heterocycles. The maximum absolute atomic E-state index is 6.35. The van der Waals surface area contributed by atoms with Crippen LogP contribution in [0.2, 0.25) is 0 Å². The van der Waals surface area contributed by atoms with Crippen molar-refractivity contribution >= 4 is 0 Å². The Morgan fingerprint density at radius 2 is 2.10 bits per heavy atom. The number of nitrogens with two attached hydrogens (primary N) is 1. The lowest BCUT2D eigenvalue weighted by Crippen LogP contribution is -2.38. The van der Waals surface area contributed by atoms with Gasteiger partial charge in [0.2, 0.25) is 0 Å². The Kier molecular flexibility index (Phi) is 6.10. The number of hydrogen-bond donors (Lipinski definition) is 1. The summed E-state index contributed by atoms with van der Waals surface area (Å²) < 4.78 is 6.35. The van der Waals surface area contributed by atoms with Crippen molar-refractivity contribution in [1.82, 2.24) is 0 Å². The second kappa shape index (κ2) is 7.84. The molecule has 1 aliphatic rings. The fourth-order valence-electron chi connectivity index (χ4n) is 3.48. The van der Waals surface area contributed by atoms with Crippen molar-refractivity contribution in [1.29, 1.82) is 0 Å². The summed E-state index contributed by atoms with van der Waals surface area (Å²) in [7, 11) is 0. The Labute approximate surface area is 130 Å². The highest BCUT2D eigenvalue weighted by Crippen LogP contribution is 2.34. The van der Waals surface area contributed by atoms with Crippen molar-refractivity contribution in [3.8, 4) is 5.75 Å². The van der Waals surface area contributed by atoms with Gasteiger partial charge in [0.15, 0.2) is 0 Å². The molecule has 118 valence electrons. The molecule has 2 nitrogen and oxygen atoms in total.